The van der Waals surface area contributed by atoms with Crippen LogP contribution in [0.1, 0.15) is 42.9 Å². The first-order valence-corrected chi connectivity index (χ1v) is 10.3. The summed E-state index contributed by atoms with van der Waals surface area (Å²) >= 11 is 0. The molecule has 0 radical (unpaired) electrons. The zero-order chi connectivity index (χ0) is 21.8. The van der Waals surface area contributed by atoms with E-state index in [-0.39, 0.29) is 17.9 Å². The summed E-state index contributed by atoms with van der Waals surface area (Å²) in [4.78, 5) is 0. The van der Waals surface area contributed by atoms with Gasteiger partial charge in [-0.15, -0.1) is 0 Å². The molecule has 4 N–H and O–H groups in total. The van der Waals surface area contributed by atoms with Crippen molar-refractivity contribution in [2.24, 2.45) is 0 Å². The number of aromatic hydroxyl groups is 1. The third-order valence-electron chi connectivity index (χ3n) is 4.82. The maximum absolute atomic E-state index is 13.9. The lowest BCUT2D eigenvalue weighted by atomic mass is 10.0. The quantitative estimate of drug-likeness (QED) is 0.348. The van der Waals surface area contributed by atoms with Gasteiger partial charge < -0.3 is 25.4 Å². The van der Waals surface area contributed by atoms with Crippen LogP contribution in [0.4, 0.5) is 8.78 Å². The molecule has 5 nitrogen and oxygen atoms in total. The molecular weight excluding hydrogens is 392 g/mol. The van der Waals surface area contributed by atoms with Gasteiger partial charge in [0.25, 0.3) is 5.92 Å². The predicted molar refractivity (Wildman–Crippen MR) is 112 cm³/mol. The summed E-state index contributed by atoms with van der Waals surface area (Å²) in [5, 5.41) is 32.5. The first kappa shape index (κ1) is 24.2. The molecule has 0 aliphatic carbocycles. The SMILES string of the molecule is Oc1ccc(C(O)C(O)CNCCCCCCOCC(F)(F)c2ccccc2)cc1. The second-order valence-corrected chi connectivity index (χ2v) is 7.35. The lowest BCUT2D eigenvalue weighted by Crippen LogP contribution is -2.32. The number of hydrogen-bond donors (Lipinski definition) is 4. The van der Waals surface area contributed by atoms with Crippen molar-refractivity contribution >= 4 is 0 Å². The lowest BCUT2D eigenvalue weighted by Gasteiger charge is -2.18. The van der Waals surface area contributed by atoms with Crippen LogP contribution >= 0.6 is 0 Å². The van der Waals surface area contributed by atoms with Crippen molar-refractivity contribution in [3.8, 4) is 5.75 Å². The van der Waals surface area contributed by atoms with E-state index in [1.165, 1.54) is 24.3 Å². The first-order valence-electron chi connectivity index (χ1n) is 10.3. The van der Waals surface area contributed by atoms with Gasteiger partial charge in [0.15, 0.2) is 0 Å². The Morgan fingerprint density at radius 3 is 2.27 bits per heavy atom. The van der Waals surface area contributed by atoms with Crippen LogP contribution in [-0.4, -0.2) is 47.7 Å². The standard InChI is InChI=1S/C23H31F2NO4/c24-23(25,19-8-4-3-5-9-19)17-30-15-7-2-1-6-14-26-16-21(28)22(29)18-10-12-20(27)13-11-18/h3-5,8-13,21-22,26-29H,1-2,6-7,14-17H2. The first-order chi connectivity index (χ1) is 14.4. The van der Waals surface area contributed by atoms with Gasteiger partial charge >= 0.3 is 0 Å². The van der Waals surface area contributed by atoms with Crippen LogP contribution in [0.5, 0.6) is 5.75 Å². The summed E-state index contributed by atoms with van der Waals surface area (Å²) < 4.78 is 33.0. The number of ether oxygens (including phenoxy) is 1. The molecule has 0 fully saturated rings. The van der Waals surface area contributed by atoms with Gasteiger partial charge in [0.1, 0.15) is 18.5 Å². The Kier molecular flexibility index (Phi) is 10.2. The van der Waals surface area contributed by atoms with Gasteiger partial charge in [-0.1, -0.05) is 55.3 Å². The summed E-state index contributed by atoms with van der Waals surface area (Å²) in [5.41, 5.74) is 0.508. The minimum Gasteiger partial charge on any atom is -0.508 e. The number of hydrogen-bond acceptors (Lipinski definition) is 5. The zero-order valence-corrected chi connectivity index (χ0v) is 17.0. The Morgan fingerprint density at radius 2 is 1.57 bits per heavy atom. The number of aliphatic hydroxyl groups excluding tert-OH is 2. The van der Waals surface area contributed by atoms with Gasteiger partial charge in [-0.25, -0.2) is 0 Å². The molecule has 2 aromatic carbocycles. The van der Waals surface area contributed by atoms with Crippen LogP contribution in [0.2, 0.25) is 0 Å². The normalized spacial score (nSPS) is 13.9. The van der Waals surface area contributed by atoms with Gasteiger partial charge in [0, 0.05) is 18.7 Å². The van der Waals surface area contributed by atoms with Crippen molar-refractivity contribution < 1.29 is 28.8 Å². The molecule has 0 aromatic heterocycles. The molecule has 7 heteroatoms. The van der Waals surface area contributed by atoms with Crippen LogP contribution < -0.4 is 5.32 Å². The van der Waals surface area contributed by atoms with E-state index >= 15 is 0 Å². The molecule has 0 heterocycles. The summed E-state index contributed by atoms with van der Waals surface area (Å²) in [5.74, 6) is -2.87. The predicted octanol–water partition coefficient (Wildman–Crippen LogP) is 3.75. The zero-order valence-electron chi connectivity index (χ0n) is 17.0. The third kappa shape index (κ3) is 8.36. The summed E-state index contributed by atoms with van der Waals surface area (Å²) in [6.07, 6.45) is 1.41. The van der Waals surface area contributed by atoms with E-state index in [2.05, 4.69) is 5.32 Å². The number of phenols is 1. The molecule has 2 rings (SSSR count). The van der Waals surface area contributed by atoms with Crippen LogP contribution in [0.3, 0.4) is 0 Å². The van der Waals surface area contributed by atoms with Crippen molar-refractivity contribution in [1.82, 2.24) is 5.32 Å². The van der Waals surface area contributed by atoms with Crippen LogP contribution in [0.25, 0.3) is 0 Å². The second kappa shape index (κ2) is 12.6. The Balaban J connectivity index is 1.48. The number of unbranched alkanes of at least 4 members (excludes halogenated alkanes) is 3. The maximum Gasteiger partial charge on any atom is 0.296 e. The maximum atomic E-state index is 13.9. The number of rotatable bonds is 14. The Labute approximate surface area is 176 Å². The molecule has 0 spiro atoms. The molecule has 0 saturated heterocycles. The number of halogens is 2. The van der Waals surface area contributed by atoms with Gasteiger partial charge in [-0.2, -0.15) is 8.78 Å². The molecule has 2 aromatic rings. The highest BCUT2D eigenvalue weighted by molar-refractivity contribution is 5.27. The number of phenolic OH excluding ortho intramolecular Hbond substituents is 1. The Bertz CT molecular complexity index is 713. The van der Waals surface area contributed by atoms with Gasteiger partial charge in [0.2, 0.25) is 0 Å². The highest BCUT2D eigenvalue weighted by atomic mass is 19.3. The van der Waals surface area contributed by atoms with E-state index in [0.717, 1.165) is 19.3 Å². The molecule has 166 valence electrons. The monoisotopic (exact) mass is 423 g/mol. The van der Waals surface area contributed by atoms with E-state index in [4.69, 9.17) is 4.74 Å². The minimum absolute atomic E-state index is 0.0335. The van der Waals surface area contributed by atoms with Crippen LogP contribution in [-0.2, 0) is 10.7 Å². The van der Waals surface area contributed by atoms with Crippen molar-refractivity contribution in [3.05, 3.63) is 65.7 Å². The summed E-state index contributed by atoms with van der Waals surface area (Å²) in [7, 11) is 0. The van der Waals surface area contributed by atoms with E-state index < -0.39 is 24.7 Å². The fourth-order valence-electron chi connectivity index (χ4n) is 3.03. The van der Waals surface area contributed by atoms with Crippen molar-refractivity contribution in [1.29, 1.82) is 0 Å². The molecular formula is C23H31F2NO4. The van der Waals surface area contributed by atoms with Gasteiger partial charge in [0.05, 0.1) is 6.10 Å². The van der Waals surface area contributed by atoms with Crippen molar-refractivity contribution in [2.45, 2.75) is 43.8 Å². The van der Waals surface area contributed by atoms with E-state index in [1.54, 1.807) is 30.3 Å². The van der Waals surface area contributed by atoms with Gasteiger partial charge in [-0.3, -0.25) is 0 Å². The molecule has 0 saturated carbocycles. The van der Waals surface area contributed by atoms with E-state index in [1.807, 2.05) is 0 Å². The molecule has 0 bridgehead atoms. The molecule has 30 heavy (non-hydrogen) atoms. The average Bonchev–Trinajstić information content (AvgIpc) is 2.75. The molecule has 0 amide bonds. The van der Waals surface area contributed by atoms with Crippen LogP contribution in [0.15, 0.2) is 54.6 Å². The number of benzene rings is 2. The molecule has 2 atom stereocenters. The van der Waals surface area contributed by atoms with Crippen molar-refractivity contribution in [3.63, 3.8) is 0 Å². The Morgan fingerprint density at radius 1 is 0.900 bits per heavy atom. The highest BCUT2D eigenvalue weighted by Gasteiger charge is 2.31. The summed E-state index contributed by atoms with van der Waals surface area (Å²) in [6.45, 7) is 0.624. The summed E-state index contributed by atoms with van der Waals surface area (Å²) in [6, 6.07) is 13.7. The highest BCUT2D eigenvalue weighted by Crippen LogP contribution is 2.27. The van der Waals surface area contributed by atoms with E-state index in [0.29, 0.717) is 25.1 Å². The van der Waals surface area contributed by atoms with Gasteiger partial charge in [-0.05, 0) is 37.1 Å². The molecule has 0 aliphatic heterocycles. The molecule has 0 aliphatic rings. The fraction of sp³-hybridized carbons (Fsp3) is 0.478. The van der Waals surface area contributed by atoms with E-state index in [9.17, 15) is 24.1 Å². The largest absolute Gasteiger partial charge is 0.508 e. The topological polar surface area (TPSA) is 82.0 Å². The number of aliphatic hydroxyl groups is 2. The minimum atomic E-state index is -2.98. The lowest BCUT2D eigenvalue weighted by molar-refractivity contribution is -0.0831. The Hall–Kier alpha value is -2.06. The fourth-order valence-corrected chi connectivity index (χ4v) is 3.03. The number of alkyl halides is 2. The van der Waals surface area contributed by atoms with Crippen LogP contribution in [0, 0.1) is 0 Å². The molecule has 2 unspecified atom stereocenters. The smallest absolute Gasteiger partial charge is 0.296 e. The third-order valence-corrected chi connectivity index (χ3v) is 4.82. The second-order valence-electron chi connectivity index (χ2n) is 7.35. The van der Waals surface area contributed by atoms with Crippen molar-refractivity contribution in [2.75, 3.05) is 26.3 Å². The average molecular weight is 424 g/mol. The number of nitrogens with one attached hydrogen (secondary N) is 1.